The predicted molar refractivity (Wildman–Crippen MR) is 112 cm³/mol. The van der Waals surface area contributed by atoms with Crippen molar-refractivity contribution in [3.05, 3.63) is 42.1 Å². The first-order chi connectivity index (χ1) is 13.9. The summed E-state index contributed by atoms with van der Waals surface area (Å²) >= 11 is 1.52. The Morgan fingerprint density at radius 2 is 1.90 bits per heavy atom. The SMILES string of the molecule is CN1C(=O)Cc2cc(S(=O)(=O)N3CCN(c4nc5cccnc5s4)CC3)ccc21. The highest BCUT2D eigenvalue weighted by atomic mass is 32.2. The van der Waals surface area contributed by atoms with Crippen LogP contribution in [-0.2, 0) is 21.2 Å². The number of aromatic nitrogens is 2. The molecular formula is C19H19N5O3S2. The highest BCUT2D eigenvalue weighted by molar-refractivity contribution is 7.89. The molecule has 0 aliphatic carbocycles. The minimum Gasteiger partial charge on any atom is -0.345 e. The second-order valence-electron chi connectivity index (χ2n) is 7.14. The van der Waals surface area contributed by atoms with Gasteiger partial charge in [-0.05, 0) is 35.9 Å². The maximum absolute atomic E-state index is 13.1. The summed E-state index contributed by atoms with van der Waals surface area (Å²) < 4.78 is 27.8. The first-order valence-electron chi connectivity index (χ1n) is 9.29. The van der Waals surface area contributed by atoms with Gasteiger partial charge in [-0.25, -0.2) is 18.4 Å². The summed E-state index contributed by atoms with van der Waals surface area (Å²) in [5.41, 5.74) is 2.41. The highest BCUT2D eigenvalue weighted by Gasteiger charge is 2.32. The van der Waals surface area contributed by atoms with Crippen LogP contribution in [0.1, 0.15) is 5.56 Å². The quantitative estimate of drug-likeness (QED) is 0.630. The van der Waals surface area contributed by atoms with Crippen LogP contribution in [0.5, 0.6) is 0 Å². The molecule has 2 aromatic heterocycles. The van der Waals surface area contributed by atoms with Gasteiger partial charge in [-0.2, -0.15) is 4.31 Å². The molecule has 0 spiro atoms. The predicted octanol–water partition coefficient (Wildman–Crippen LogP) is 1.72. The highest BCUT2D eigenvalue weighted by Crippen LogP contribution is 2.32. The van der Waals surface area contributed by atoms with E-state index in [4.69, 9.17) is 0 Å². The lowest BCUT2D eigenvalue weighted by Crippen LogP contribution is -2.48. The molecule has 2 aliphatic heterocycles. The average Bonchev–Trinajstić information content (AvgIpc) is 3.29. The molecule has 8 nitrogen and oxygen atoms in total. The molecule has 1 fully saturated rings. The summed E-state index contributed by atoms with van der Waals surface area (Å²) in [6.07, 6.45) is 1.99. The standard InChI is InChI=1S/C19H19N5O3S2/c1-22-16-5-4-14(11-13(16)12-17(22)25)29(26,27)24-9-7-23(8-10-24)19-21-15-3-2-6-20-18(15)28-19/h2-6,11H,7-10,12H2,1H3. The molecule has 0 unspecified atom stereocenters. The molecule has 3 aromatic rings. The molecule has 0 N–H and O–H groups in total. The number of piperazine rings is 1. The second kappa shape index (κ2) is 6.75. The minimum absolute atomic E-state index is 0.0199. The van der Waals surface area contributed by atoms with Crippen molar-refractivity contribution in [2.24, 2.45) is 0 Å². The van der Waals surface area contributed by atoms with E-state index in [0.29, 0.717) is 26.2 Å². The van der Waals surface area contributed by atoms with Crippen LogP contribution in [0.15, 0.2) is 41.4 Å². The Hall–Kier alpha value is -2.56. The van der Waals surface area contributed by atoms with Gasteiger partial charge in [0, 0.05) is 45.1 Å². The van der Waals surface area contributed by atoms with Gasteiger partial charge in [-0.1, -0.05) is 11.3 Å². The first-order valence-corrected chi connectivity index (χ1v) is 11.6. The Morgan fingerprint density at radius 3 is 2.66 bits per heavy atom. The van der Waals surface area contributed by atoms with Crippen LogP contribution in [0.4, 0.5) is 10.8 Å². The number of pyridine rings is 1. The molecule has 1 saturated heterocycles. The van der Waals surface area contributed by atoms with Gasteiger partial charge in [0.25, 0.3) is 0 Å². The molecule has 29 heavy (non-hydrogen) atoms. The molecule has 2 aliphatic rings. The number of sulfonamides is 1. The Labute approximate surface area is 172 Å². The fourth-order valence-corrected chi connectivity index (χ4v) is 6.20. The molecule has 5 rings (SSSR count). The van der Waals surface area contributed by atoms with E-state index in [-0.39, 0.29) is 17.2 Å². The Kier molecular flexibility index (Phi) is 4.30. The normalized spacial score (nSPS) is 17.9. The molecule has 1 amide bonds. The van der Waals surface area contributed by atoms with Crippen LogP contribution >= 0.6 is 11.3 Å². The van der Waals surface area contributed by atoms with E-state index in [1.165, 1.54) is 15.6 Å². The van der Waals surface area contributed by atoms with Gasteiger partial charge in [0.15, 0.2) is 5.13 Å². The zero-order chi connectivity index (χ0) is 20.2. The van der Waals surface area contributed by atoms with Gasteiger partial charge in [-0.15, -0.1) is 0 Å². The van der Waals surface area contributed by atoms with Gasteiger partial charge >= 0.3 is 0 Å². The zero-order valence-electron chi connectivity index (χ0n) is 15.8. The lowest BCUT2D eigenvalue weighted by atomic mass is 10.2. The van der Waals surface area contributed by atoms with Gasteiger partial charge in [0.2, 0.25) is 15.9 Å². The lowest BCUT2D eigenvalue weighted by Gasteiger charge is -2.33. The van der Waals surface area contributed by atoms with Crippen LogP contribution in [0.25, 0.3) is 10.3 Å². The monoisotopic (exact) mass is 429 g/mol. The molecule has 10 heteroatoms. The van der Waals surface area contributed by atoms with E-state index in [9.17, 15) is 13.2 Å². The van der Waals surface area contributed by atoms with E-state index in [1.807, 2.05) is 12.1 Å². The van der Waals surface area contributed by atoms with Crippen molar-refractivity contribution in [2.75, 3.05) is 43.0 Å². The smallest absolute Gasteiger partial charge is 0.243 e. The number of benzene rings is 1. The summed E-state index contributed by atoms with van der Waals surface area (Å²) in [4.78, 5) is 25.6. The molecule has 150 valence electrons. The van der Waals surface area contributed by atoms with Crippen LogP contribution < -0.4 is 9.80 Å². The third kappa shape index (κ3) is 3.07. The van der Waals surface area contributed by atoms with E-state index in [2.05, 4.69) is 14.9 Å². The zero-order valence-corrected chi connectivity index (χ0v) is 17.4. The van der Waals surface area contributed by atoms with E-state index < -0.39 is 10.0 Å². The van der Waals surface area contributed by atoms with E-state index in [0.717, 1.165) is 26.7 Å². The molecule has 0 atom stereocenters. The van der Waals surface area contributed by atoms with Crippen LogP contribution in [0.2, 0.25) is 0 Å². The number of hydrogen-bond donors (Lipinski definition) is 0. The third-order valence-corrected chi connectivity index (χ3v) is 8.36. The number of carbonyl (C=O) groups excluding carboxylic acids is 1. The van der Waals surface area contributed by atoms with E-state index >= 15 is 0 Å². The van der Waals surface area contributed by atoms with Gasteiger partial charge in [0.05, 0.1) is 11.3 Å². The maximum Gasteiger partial charge on any atom is 0.243 e. The van der Waals surface area contributed by atoms with E-state index in [1.54, 1.807) is 36.3 Å². The molecule has 0 radical (unpaired) electrons. The third-order valence-electron chi connectivity index (χ3n) is 5.43. The van der Waals surface area contributed by atoms with Gasteiger partial charge < -0.3 is 9.80 Å². The number of anilines is 2. The van der Waals surface area contributed by atoms with Crippen molar-refractivity contribution in [3.63, 3.8) is 0 Å². The summed E-state index contributed by atoms with van der Waals surface area (Å²) in [5, 5.41) is 0.870. The number of amides is 1. The number of fused-ring (bicyclic) bond motifs is 2. The van der Waals surface area contributed by atoms with Crippen molar-refractivity contribution in [1.29, 1.82) is 0 Å². The van der Waals surface area contributed by atoms with Gasteiger partial charge in [0.1, 0.15) is 10.3 Å². The summed E-state index contributed by atoms with van der Waals surface area (Å²) in [5.74, 6) is -0.0199. The number of likely N-dealkylation sites (N-methyl/N-ethyl adjacent to an activating group) is 1. The number of hydrogen-bond acceptors (Lipinski definition) is 7. The number of thiazole rings is 1. The fraction of sp³-hybridized carbons (Fsp3) is 0.316. The lowest BCUT2D eigenvalue weighted by molar-refractivity contribution is -0.117. The van der Waals surface area contributed by atoms with Crippen molar-refractivity contribution < 1.29 is 13.2 Å². The maximum atomic E-state index is 13.1. The number of rotatable bonds is 3. The van der Waals surface area contributed by atoms with Gasteiger partial charge in [-0.3, -0.25) is 4.79 Å². The summed E-state index contributed by atoms with van der Waals surface area (Å²) in [6, 6.07) is 8.74. The molecule has 4 heterocycles. The largest absolute Gasteiger partial charge is 0.345 e. The van der Waals surface area contributed by atoms with Crippen molar-refractivity contribution >= 4 is 48.4 Å². The van der Waals surface area contributed by atoms with Crippen LogP contribution in [-0.4, -0.2) is 61.8 Å². The molecular weight excluding hydrogens is 410 g/mol. The molecule has 1 aromatic carbocycles. The van der Waals surface area contributed by atoms with Crippen molar-refractivity contribution in [2.45, 2.75) is 11.3 Å². The van der Waals surface area contributed by atoms with Crippen LogP contribution in [0.3, 0.4) is 0 Å². The Bertz CT molecular complexity index is 1180. The van der Waals surface area contributed by atoms with Crippen LogP contribution in [0, 0.1) is 0 Å². The summed E-state index contributed by atoms with van der Waals surface area (Å²) in [7, 11) is -1.89. The molecule has 0 saturated carbocycles. The Balaban J connectivity index is 1.34. The Morgan fingerprint density at radius 1 is 1.10 bits per heavy atom. The molecule has 0 bridgehead atoms. The number of nitrogens with zero attached hydrogens (tertiary/aromatic N) is 5. The fourth-order valence-electron chi connectivity index (χ4n) is 3.77. The summed E-state index contributed by atoms with van der Waals surface area (Å²) in [6.45, 7) is 1.93. The van der Waals surface area contributed by atoms with Crippen molar-refractivity contribution in [3.8, 4) is 0 Å². The van der Waals surface area contributed by atoms with Crippen molar-refractivity contribution in [1.82, 2.24) is 14.3 Å². The first kappa shape index (κ1) is 18.5. The average molecular weight is 430 g/mol. The minimum atomic E-state index is -3.60. The topological polar surface area (TPSA) is 86.7 Å². The second-order valence-corrected chi connectivity index (χ2v) is 10.0. The number of carbonyl (C=O) groups is 1.